The van der Waals surface area contributed by atoms with Gasteiger partial charge in [-0.15, -0.1) is 0 Å². The Hall–Kier alpha value is -1.43. The van der Waals surface area contributed by atoms with E-state index in [4.69, 9.17) is 9.63 Å². The van der Waals surface area contributed by atoms with Crippen molar-refractivity contribution in [2.45, 2.75) is 39.7 Å². The molecule has 0 aliphatic heterocycles. The predicted molar refractivity (Wildman–Crippen MR) is 66.1 cm³/mol. The summed E-state index contributed by atoms with van der Waals surface area (Å²) in [7, 11) is 1.83. The van der Waals surface area contributed by atoms with Gasteiger partial charge in [0.05, 0.1) is 12.5 Å². The highest BCUT2D eigenvalue weighted by molar-refractivity contribution is 5.69. The molecule has 0 bridgehead atoms. The summed E-state index contributed by atoms with van der Waals surface area (Å²) >= 11 is 0. The number of nitrogens with zero attached hydrogens (tertiary/aromatic N) is 3. The summed E-state index contributed by atoms with van der Waals surface area (Å²) in [5.74, 6) is -0.0417. The second-order valence-electron chi connectivity index (χ2n) is 5.70. The number of carboxylic acids is 1. The van der Waals surface area contributed by atoms with Crippen molar-refractivity contribution in [3.8, 4) is 0 Å². The highest BCUT2D eigenvalue weighted by Gasteiger charge is 2.22. The molecule has 0 saturated heterocycles. The standard InChI is InChI=1S/C12H21N3O3/c1-8(10(16)17)6-15(5)7-9-13-11(14-18-9)12(2,3)4/h8H,6-7H2,1-5H3,(H,16,17). The van der Waals surface area contributed by atoms with E-state index < -0.39 is 11.9 Å². The molecule has 6 heteroatoms. The number of aliphatic carboxylic acids is 1. The van der Waals surface area contributed by atoms with Gasteiger partial charge in [-0.05, 0) is 7.05 Å². The summed E-state index contributed by atoms with van der Waals surface area (Å²) in [5.41, 5.74) is -0.144. The van der Waals surface area contributed by atoms with Crippen LogP contribution >= 0.6 is 0 Å². The fraction of sp³-hybridized carbons (Fsp3) is 0.750. The van der Waals surface area contributed by atoms with Gasteiger partial charge in [-0.2, -0.15) is 4.98 Å². The molecule has 1 rings (SSSR count). The predicted octanol–water partition coefficient (Wildman–Crippen LogP) is 1.52. The molecule has 0 aliphatic carbocycles. The van der Waals surface area contributed by atoms with Gasteiger partial charge >= 0.3 is 5.97 Å². The second kappa shape index (κ2) is 5.48. The molecule has 1 aromatic heterocycles. The van der Waals surface area contributed by atoms with Gasteiger partial charge in [0.25, 0.3) is 0 Å². The number of hydrogen-bond donors (Lipinski definition) is 1. The van der Waals surface area contributed by atoms with Gasteiger partial charge < -0.3 is 9.63 Å². The largest absolute Gasteiger partial charge is 0.481 e. The zero-order valence-corrected chi connectivity index (χ0v) is 11.6. The Labute approximate surface area is 107 Å². The monoisotopic (exact) mass is 255 g/mol. The molecule has 0 radical (unpaired) electrons. The molecule has 1 unspecified atom stereocenters. The molecule has 1 N–H and O–H groups in total. The fourth-order valence-corrected chi connectivity index (χ4v) is 1.46. The van der Waals surface area contributed by atoms with Crippen LogP contribution in [0.3, 0.4) is 0 Å². The molecule has 18 heavy (non-hydrogen) atoms. The number of hydrogen-bond acceptors (Lipinski definition) is 5. The van der Waals surface area contributed by atoms with Gasteiger partial charge in [0, 0.05) is 12.0 Å². The van der Waals surface area contributed by atoms with Crippen LogP contribution in [0.1, 0.15) is 39.4 Å². The summed E-state index contributed by atoms with van der Waals surface area (Å²) in [6.45, 7) is 8.62. The van der Waals surface area contributed by atoms with E-state index in [0.29, 0.717) is 24.8 Å². The van der Waals surface area contributed by atoms with Gasteiger partial charge in [-0.3, -0.25) is 9.69 Å². The summed E-state index contributed by atoms with van der Waals surface area (Å²) in [4.78, 5) is 16.9. The molecule has 102 valence electrons. The molecular weight excluding hydrogens is 234 g/mol. The van der Waals surface area contributed by atoms with E-state index in [1.807, 2.05) is 32.7 Å². The van der Waals surface area contributed by atoms with Crippen LogP contribution in [-0.4, -0.2) is 39.7 Å². The lowest BCUT2D eigenvalue weighted by Crippen LogP contribution is -2.28. The minimum atomic E-state index is -0.803. The average Bonchev–Trinajstić information content (AvgIpc) is 2.64. The quantitative estimate of drug-likeness (QED) is 0.859. The van der Waals surface area contributed by atoms with E-state index in [1.165, 1.54) is 0 Å². The molecule has 0 aromatic carbocycles. The Morgan fingerprint density at radius 2 is 2.11 bits per heavy atom. The second-order valence-corrected chi connectivity index (χ2v) is 5.70. The molecule has 0 fully saturated rings. The first-order valence-corrected chi connectivity index (χ1v) is 5.94. The van der Waals surface area contributed by atoms with Crippen LogP contribution in [0, 0.1) is 5.92 Å². The van der Waals surface area contributed by atoms with Gasteiger partial charge in [-0.25, -0.2) is 0 Å². The molecule has 6 nitrogen and oxygen atoms in total. The first-order chi connectivity index (χ1) is 8.20. The van der Waals surface area contributed by atoms with Crippen LogP contribution in [0.25, 0.3) is 0 Å². The number of carboxylic acid groups (broad SMARTS) is 1. The summed E-state index contributed by atoms with van der Waals surface area (Å²) in [6, 6.07) is 0. The van der Waals surface area contributed by atoms with Gasteiger partial charge in [0.15, 0.2) is 5.82 Å². The minimum Gasteiger partial charge on any atom is -0.481 e. The van der Waals surface area contributed by atoms with Crippen LogP contribution in [0.5, 0.6) is 0 Å². The Kier molecular flexibility index (Phi) is 4.45. The average molecular weight is 255 g/mol. The Bertz CT molecular complexity index is 409. The lowest BCUT2D eigenvalue weighted by Gasteiger charge is -2.16. The SMILES string of the molecule is CC(CN(C)Cc1nc(C(C)(C)C)no1)C(=O)O. The van der Waals surface area contributed by atoms with Gasteiger partial charge in [0.2, 0.25) is 5.89 Å². The van der Waals surface area contributed by atoms with Crippen LogP contribution in [0.15, 0.2) is 4.52 Å². The Morgan fingerprint density at radius 1 is 1.50 bits per heavy atom. The lowest BCUT2D eigenvalue weighted by atomic mass is 9.96. The molecule has 0 amide bonds. The first-order valence-electron chi connectivity index (χ1n) is 5.94. The Balaban J connectivity index is 2.57. The zero-order valence-electron chi connectivity index (χ0n) is 11.6. The third-order valence-corrected chi connectivity index (χ3v) is 2.55. The van der Waals surface area contributed by atoms with Crippen LogP contribution in [-0.2, 0) is 16.8 Å². The van der Waals surface area contributed by atoms with Crippen molar-refractivity contribution in [2.24, 2.45) is 5.92 Å². The first kappa shape index (κ1) is 14.6. The van der Waals surface area contributed by atoms with Crippen molar-refractivity contribution < 1.29 is 14.4 Å². The van der Waals surface area contributed by atoms with Crippen molar-refractivity contribution >= 4 is 5.97 Å². The zero-order chi connectivity index (χ0) is 13.9. The van der Waals surface area contributed by atoms with Gasteiger partial charge in [-0.1, -0.05) is 32.9 Å². The summed E-state index contributed by atoms with van der Waals surface area (Å²) < 4.78 is 5.15. The van der Waals surface area contributed by atoms with E-state index in [9.17, 15) is 4.79 Å². The fourth-order valence-electron chi connectivity index (χ4n) is 1.46. The van der Waals surface area contributed by atoms with E-state index in [-0.39, 0.29) is 5.41 Å². The van der Waals surface area contributed by atoms with Crippen molar-refractivity contribution in [1.29, 1.82) is 0 Å². The van der Waals surface area contributed by atoms with Crippen molar-refractivity contribution in [2.75, 3.05) is 13.6 Å². The summed E-state index contributed by atoms with van der Waals surface area (Å²) in [5, 5.41) is 12.8. The van der Waals surface area contributed by atoms with E-state index in [2.05, 4.69) is 10.1 Å². The summed E-state index contributed by atoms with van der Waals surface area (Å²) in [6.07, 6.45) is 0. The molecular formula is C12H21N3O3. The number of aromatic nitrogens is 2. The third kappa shape index (κ3) is 4.10. The maximum absolute atomic E-state index is 10.7. The van der Waals surface area contributed by atoms with Crippen LogP contribution in [0.2, 0.25) is 0 Å². The minimum absolute atomic E-state index is 0.144. The van der Waals surface area contributed by atoms with E-state index in [0.717, 1.165) is 0 Å². The van der Waals surface area contributed by atoms with Crippen LogP contribution in [0.4, 0.5) is 0 Å². The third-order valence-electron chi connectivity index (χ3n) is 2.55. The maximum atomic E-state index is 10.7. The van der Waals surface area contributed by atoms with Crippen molar-refractivity contribution in [3.05, 3.63) is 11.7 Å². The van der Waals surface area contributed by atoms with Crippen LogP contribution < -0.4 is 0 Å². The highest BCUT2D eigenvalue weighted by atomic mass is 16.5. The molecule has 1 aromatic rings. The van der Waals surface area contributed by atoms with Crippen molar-refractivity contribution in [1.82, 2.24) is 15.0 Å². The molecule has 0 spiro atoms. The topological polar surface area (TPSA) is 79.5 Å². The van der Waals surface area contributed by atoms with E-state index >= 15 is 0 Å². The lowest BCUT2D eigenvalue weighted by molar-refractivity contribution is -0.141. The smallest absolute Gasteiger partial charge is 0.307 e. The molecule has 1 atom stereocenters. The molecule has 0 saturated carbocycles. The normalized spacial score (nSPS) is 13.9. The number of rotatable bonds is 5. The number of carbonyl (C=O) groups is 1. The van der Waals surface area contributed by atoms with Crippen molar-refractivity contribution in [3.63, 3.8) is 0 Å². The van der Waals surface area contributed by atoms with E-state index in [1.54, 1.807) is 6.92 Å². The maximum Gasteiger partial charge on any atom is 0.307 e. The molecule has 0 aliphatic rings. The Morgan fingerprint density at radius 3 is 2.56 bits per heavy atom. The van der Waals surface area contributed by atoms with Gasteiger partial charge in [0.1, 0.15) is 0 Å². The highest BCUT2D eigenvalue weighted by Crippen LogP contribution is 2.18. The molecule has 1 heterocycles.